The van der Waals surface area contributed by atoms with E-state index in [4.69, 9.17) is 5.73 Å². The molecule has 0 saturated carbocycles. The lowest BCUT2D eigenvalue weighted by Gasteiger charge is -2.06. The number of aromatic nitrogens is 2. The number of aromatic amines is 1. The number of rotatable bonds is 4. The molecule has 0 aliphatic carbocycles. The van der Waals surface area contributed by atoms with Crippen molar-refractivity contribution in [1.29, 1.82) is 0 Å². The van der Waals surface area contributed by atoms with Gasteiger partial charge in [0.05, 0.1) is 11.3 Å². The number of nitrogens with zero attached hydrogens (tertiary/aromatic N) is 2. The predicted molar refractivity (Wildman–Crippen MR) is 69.7 cm³/mol. The minimum Gasteiger partial charge on any atom is -0.391 e. The normalized spacial score (nSPS) is 10.1. The van der Waals surface area contributed by atoms with Gasteiger partial charge in [-0.1, -0.05) is 12.1 Å². The van der Waals surface area contributed by atoms with Gasteiger partial charge >= 0.3 is 0 Å². The average molecular weight is 261 g/mol. The third-order valence-electron chi connectivity index (χ3n) is 2.50. The van der Waals surface area contributed by atoms with E-state index in [-0.39, 0.29) is 17.2 Å². The molecule has 0 amide bonds. The summed E-state index contributed by atoms with van der Waals surface area (Å²) in [6, 6.07) is 6.06. The number of hydrogen-bond acceptors (Lipinski definition) is 6. The SMILES string of the molecule is Nc1c(NCc2ccc([N+](=O)[O-])cc2)nc[nH]c1=O. The molecule has 2 rings (SSSR count). The van der Waals surface area contributed by atoms with Gasteiger partial charge in [0.2, 0.25) is 0 Å². The molecule has 2 aromatic rings. The highest BCUT2D eigenvalue weighted by Gasteiger charge is 2.06. The first-order chi connectivity index (χ1) is 9.08. The molecule has 1 aromatic carbocycles. The number of H-pyrrole nitrogens is 1. The van der Waals surface area contributed by atoms with Crippen LogP contribution in [0.4, 0.5) is 17.2 Å². The molecule has 0 fully saturated rings. The highest BCUT2D eigenvalue weighted by atomic mass is 16.6. The molecule has 8 nitrogen and oxygen atoms in total. The molecular weight excluding hydrogens is 250 g/mol. The Hall–Kier alpha value is -2.90. The van der Waals surface area contributed by atoms with Crippen LogP contribution in [0, 0.1) is 10.1 Å². The monoisotopic (exact) mass is 261 g/mol. The fraction of sp³-hybridized carbons (Fsp3) is 0.0909. The lowest BCUT2D eigenvalue weighted by Crippen LogP contribution is -2.16. The van der Waals surface area contributed by atoms with E-state index in [1.54, 1.807) is 12.1 Å². The molecule has 0 spiro atoms. The molecule has 0 radical (unpaired) electrons. The molecule has 1 aromatic heterocycles. The third-order valence-corrected chi connectivity index (χ3v) is 2.50. The van der Waals surface area contributed by atoms with Crippen LogP contribution in [0.25, 0.3) is 0 Å². The van der Waals surface area contributed by atoms with Gasteiger partial charge in [0, 0.05) is 18.7 Å². The first-order valence-corrected chi connectivity index (χ1v) is 5.38. The van der Waals surface area contributed by atoms with E-state index >= 15 is 0 Å². The van der Waals surface area contributed by atoms with E-state index in [1.165, 1.54) is 18.5 Å². The van der Waals surface area contributed by atoms with Crippen molar-refractivity contribution < 1.29 is 4.92 Å². The van der Waals surface area contributed by atoms with E-state index in [1.807, 2.05) is 0 Å². The molecule has 0 atom stereocenters. The van der Waals surface area contributed by atoms with Crippen molar-refractivity contribution in [3.63, 3.8) is 0 Å². The number of benzene rings is 1. The van der Waals surface area contributed by atoms with Crippen molar-refractivity contribution in [2.75, 3.05) is 11.1 Å². The zero-order valence-corrected chi connectivity index (χ0v) is 9.79. The van der Waals surface area contributed by atoms with Crippen LogP contribution < -0.4 is 16.6 Å². The van der Waals surface area contributed by atoms with Gasteiger partial charge in [0.25, 0.3) is 11.2 Å². The molecule has 0 saturated heterocycles. The molecule has 4 N–H and O–H groups in total. The highest BCUT2D eigenvalue weighted by molar-refractivity contribution is 5.59. The summed E-state index contributed by atoms with van der Waals surface area (Å²) in [6.07, 6.45) is 1.25. The Morgan fingerprint density at radius 1 is 1.37 bits per heavy atom. The lowest BCUT2D eigenvalue weighted by molar-refractivity contribution is -0.384. The van der Waals surface area contributed by atoms with Crippen LogP contribution >= 0.6 is 0 Å². The Morgan fingerprint density at radius 3 is 2.68 bits per heavy atom. The first kappa shape index (κ1) is 12.6. The summed E-state index contributed by atoms with van der Waals surface area (Å²) in [5, 5.41) is 13.4. The van der Waals surface area contributed by atoms with Gasteiger partial charge < -0.3 is 16.0 Å². The number of nitrogens with one attached hydrogen (secondary N) is 2. The van der Waals surface area contributed by atoms with Crippen LogP contribution in [0.3, 0.4) is 0 Å². The van der Waals surface area contributed by atoms with Gasteiger partial charge in [-0.2, -0.15) is 0 Å². The van der Waals surface area contributed by atoms with Crippen molar-refractivity contribution in [2.24, 2.45) is 0 Å². The molecular formula is C11H11N5O3. The van der Waals surface area contributed by atoms with Crippen LogP contribution in [0.2, 0.25) is 0 Å². The van der Waals surface area contributed by atoms with E-state index in [0.717, 1.165) is 5.56 Å². The fourth-order valence-corrected chi connectivity index (χ4v) is 1.47. The third kappa shape index (κ3) is 2.86. The summed E-state index contributed by atoms with van der Waals surface area (Å²) in [6.45, 7) is 0.360. The maximum absolute atomic E-state index is 11.2. The predicted octanol–water partition coefficient (Wildman–Crippen LogP) is 0.872. The van der Waals surface area contributed by atoms with Crippen molar-refractivity contribution in [1.82, 2.24) is 9.97 Å². The highest BCUT2D eigenvalue weighted by Crippen LogP contribution is 2.14. The van der Waals surface area contributed by atoms with Crippen molar-refractivity contribution >= 4 is 17.2 Å². The zero-order chi connectivity index (χ0) is 13.8. The number of hydrogen-bond donors (Lipinski definition) is 3. The van der Waals surface area contributed by atoms with E-state index in [9.17, 15) is 14.9 Å². The maximum Gasteiger partial charge on any atom is 0.276 e. The van der Waals surface area contributed by atoms with Gasteiger partial charge in [-0.15, -0.1) is 0 Å². The van der Waals surface area contributed by atoms with Crippen molar-refractivity contribution in [3.8, 4) is 0 Å². The Morgan fingerprint density at radius 2 is 2.05 bits per heavy atom. The van der Waals surface area contributed by atoms with E-state index in [0.29, 0.717) is 6.54 Å². The molecule has 1 heterocycles. The summed E-state index contributed by atoms with van der Waals surface area (Å²) in [7, 11) is 0. The Bertz CT molecular complexity index is 650. The number of anilines is 2. The second-order valence-corrected chi connectivity index (χ2v) is 3.77. The maximum atomic E-state index is 11.2. The van der Waals surface area contributed by atoms with Gasteiger partial charge in [-0.25, -0.2) is 4.98 Å². The molecule has 8 heteroatoms. The van der Waals surface area contributed by atoms with Gasteiger partial charge in [-0.05, 0) is 5.56 Å². The van der Waals surface area contributed by atoms with Gasteiger partial charge in [0.15, 0.2) is 5.82 Å². The van der Waals surface area contributed by atoms with Gasteiger partial charge in [-0.3, -0.25) is 14.9 Å². The molecule has 19 heavy (non-hydrogen) atoms. The summed E-state index contributed by atoms with van der Waals surface area (Å²) in [4.78, 5) is 27.5. The zero-order valence-electron chi connectivity index (χ0n) is 9.79. The van der Waals surface area contributed by atoms with Crippen LogP contribution in [0.1, 0.15) is 5.56 Å². The quantitative estimate of drug-likeness (QED) is 0.553. The second-order valence-electron chi connectivity index (χ2n) is 3.77. The van der Waals surface area contributed by atoms with Crippen LogP contribution in [0.5, 0.6) is 0 Å². The van der Waals surface area contributed by atoms with Crippen LogP contribution in [-0.2, 0) is 6.54 Å². The average Bonchev–Trinajstić information content (AvgIpc) is 2.41. The van der Waals surface area contributed by atoms with Crippen LogP contribution in [-0.4, -0.2) is 14.9 Å². The standard InChI is InChI=1S/C11H11N5O3/c12-9-10(14-6-15-11(9)17)13-5-7-1-3-8(4-2-7)16(18)19/h1-4,6H,5,12H2,(H2,13,14,15,17). The Kier molecular flexibility index (Phi) is 3.42. The summed E-state index contributed by atoms with van der Waals surface area (Å²) < 4.78 is 0. The second kappa shape index (κ2) is 5.17. The first-order valence-electron chi connectivity index (χ1n) is 5.38. The van der Waals surface area contributed by atoms with Gasteiger partial charge in [0.1, 0.15) is 5.69 Å². The molecule has 0 unspecified atom stereocenters. The van der Waals surface area contributed by atoms with Crippen molar-refractivity contribution in [2.45, 2.75) is 6.54 Å². The number of nitrogens with two attached hydrogens (primary N) is 1. The molecule has 0 aliphatic rings. The number of nitro groups is 1. The lowest BCUT2D eigenvalue weighted by atomic mass is 10.2. The van der Waals surface area contributed by atoms with Crippen molar-refractivity contribution in [3.05, 3.63) is 56.6 Å². The topological polar surface area (TPSA) is 127 Å². The van der Waals surface area contributed by atoms with E-state index < -0.39 is 10.5 Å². The molecule has 0 aliphatic heterocycles. The Labute approximate surface area is 107 Å². The minimum atomic E-state index is -0.465. The summed E-state index contributed by atoms with van der Waals surface area (Å²) in [5.41, 5.74) is 5.98. The Balaban J connectivity index is 2.08. The van der Waals surface area contributed by atoms with E-state index in [2.05, 4.69) is 15.3 Å². The molecule has 98 valence electrons. The fourth-order valence-electron chi connectivity index (χ4n) is 1.47. The smallest absolute Gasteiger partial charge is 0.276 e. The number of nitro benzene ring substituents is 1. The van der Waals surface area contributed by atoms with Crippen LogP contribution in [0.15, 0.2) is 35.4 Å². The number of non-ortho nitro benzene ring substituents is 1. The summed E-state index contributed by atoms with van der Waals surface area (Å²) in [5.74, 6) is 0.280. The largest absolute Gasteiger partial charge is 0.391 e. The number of nitrogen functional groups attached to an aromatic ring is 1. The minimum absolute atomic E-state index is 0.00408. The molecule has 0 bridgehead atoms. The summed E-state index contributed by atoms with van der Waals surface area (Å²) >= 11 is 0.